The van der Waals surface area contributed by atoms with E-state index in [9.17, 15) is 19.7 Å². The van der Waals surface area contributed by atoms with Crippen molar-refractivity contribution in [3.63, 3.8) is 0 Å². The maximum Gasteiger partial charge on any atom is 0.384 e. The van der Waals surface area contributed by atoms with Crippen molar-refractivity contribution in [1.82, 2.24) is 0 Å². The zero-order chi connectivity index (χ0) is 12.8. The van der Waals surface area contributed by atoms with E-state index in [4.69, 9.17) is 0 Å². The number of rotatable bonds is 7. The molecule has 0 aliphatic heterocycles. The molecular weight excluding hydrogens is 214 g/mol. The van der Waals surface area contributed by atoms with Gasteiger partial charge in [0.25, 0.3) is 0 Å². The summed E-state index contributed by atoms with van der Waals surface area (Å²) in [7, 11) is 1.08. The molecule has 6 heteroatoms. The SMILES string of the molecule is C=CCC(CCC(C)=O)(C(=O)OC)[N+](=O)[O-]. The third-order valence-corrected chi connectivity index (χ3v) is 2.29. The standard InChI is InChI=1S/C10H15NO5/c1-4-6-10(11(14)15,9(13)16-3)7-5-8(2)12/h4H,1,5-7H2,2-3H3. The van der Waals surface area contributed by atoms with Crippen molar-refractivity contribution >= 4 is 11.8 Å². The van der Waals surface area contributed by atoms with Gasteiger partial charge < -0.3 is 9.53 Å². The molecule has 0 saturated carbocycles. The number of carbonyl (C=O) groups is 2. The first-order valence-electron chi connectivity index (χ1n) is 4.74. The van der Waals surface area contributed by atoms with Gasteiger partial charge in [0.2, 0.25) is 0 Å². The van der Waals surface area contributed by atoms with Gasteiger partial charge in [0, 0.05) is 24.2 Å². The lowest BCUT2D eigenvalue weighted by atomic mass is 9.89. The van der Waals surface area contributed by atoms with Crippen LogP contribution in [0.5, 0.6) is 0 Å². The first-order valence-corrected chi connectivity index (χ1v) is 4.74. The molecule has 0 spiro atoms. The first-order chi connectivity index (χ1) is 7.40. The van der Waals surface area contributed by atoms with E-state index in [1.54, 1.807) is 0 Å². The van der Waals surface area contributed by atoms with E-state index in [0.29, 0.717) is 0 Å². The molecule has 0 bridgehead atoms. The van der Waals surface area contributed by atoms with E-state index in [1.807, 2.05) is 0 Å². The topological polar surface area (TPSA) is 86.5 Å². The minimum absolute atomic E-state index is 0.0378. The van der Waals surface area contributed by atoms with E-state index in [2.05, 4.69) is 11.3 Å². The minimum atomic E-state index is -1.89. The second kappa shape index (κ2) is 5.99. The highest BCUT2D eigenvalue weighted by molar-refractivity contribution is 5.81. The monoisotopic (exact) mass is 229 g/mol. The van der Waals surface area contributed by atoms with Gasteiger partial charge in [-0.15, -0.1) is 6.58 Å². The second-order valence-electron chi connectivity index (χ2n) is 3.48. The van der Waals surface area contributed by atoms with Gasteiger partial charge in [-0.3, -0.25) is 10.1 Å². The molecule has 0 aliphatic rings. The van der Waals surface area contributed by atoms with Crippen LogP contribution in [0.25, 0.3) is 0 Å². The molecule has 0 aromatic carbocycles. The van der Waals surface area contributed by atoms with Crippen molar-refractivity contribution in [1.29, 1.82) is 0 Å². The lowest BCUT2D eigenvalue weighted by Crippen LogP contribution is -2.47. The average molecular weight is 229 g/mol. The highest BCUT2D eigenvalue weighted by atomic mass is 16.6. The van der Waals surface area contributed by atoms with Crippen LogP contribution in [0.15, 0.2) is 12.7 Å². The number of ether oxygens (including phenoxy) is 1. The van der Waals surface area contributed by atoms with E-state index < -0.39 is 16.4 Å². The number of Topliss-reactive ketones (excluding diaryl/α,β-unsaturated/α-hetero) is 1. The van der Waals surface area contributed by atoms with Crippen LogP contribution < -0.4 is 0 Å². The van der Waals surface area contributed by atoms with Crippen LogP contribution in [-0.4, -0.2) is 29.3 Å². The Hall–Kier alpha value is -1.72. The molecule has 0 aliphatic carbocycles. The zero-order valence-corrected chi connectivity index (χ0v) is 9.39. The Balaban J connectivity index is 5.08. The Morgan fingerprint density at radius 1 is 1.56 bits per heavy atom. The van der Waals surface area contributed by atoms with Crippen LogP contribution in [0, 0.1) is 10.1 Å². The number of carbonyl (C=O) groups excluding carboxylic acids is 2. The summed E-state index contributed by atoms with van der Waals surface area (Å²) < 4.78 is 4.42. The number of hydrogen-bond acceptors (Lipinski definition) is 5. The van der Waals surface area contributed by atoms with E-state index in [-0.39, 0.29) is 25.0 Å². The molecule has 0 N–H and O–H groups in total. The van der Waals surface area contributed by atoms with Crippen molar-refractivity contribution in [3.05, 3.63) is 22.8 Å². The maximum absolute atomic E-state index is 11.5. The number of nitro groups is 1. The lowest BCUT2D eigenvalue weighted by Gasteiger charge is -2.20. The summed E-state index contributed by atoms with van der Waals surface area (Å²) >= 11 is 0. The van der Waals surface area contributed by atoms with Crippen LogP contribution in [-0.2, 0) is 14.3 Å². The summed E-state index contributed by atoms with van der Waals surface area (Å²) in [6.45, 7) is 4.69. The van der Waals surface area contributed by atoms with Crippen LogP contribution in [0.2, 0.25) is 0 Å². The summed E-state index contributed by atoms with van der Waals surface area (Å²) in [5, 5.41) is 11.0. The van der Waals surface area contributed by atoms with Crippen molar-refractivity contribution in [2.24, 2.45) is 0 Å². The third kappa shape index (κ3) is 3.15. The smallest absolute Gasteiger partial charge is 0.384 e. The number of ketones is 1. The molecule has 0 amide bonds. The summed E-state index contributed by atoms with van der Waals surface area (Å²) in [5.41, 5.74) is -1.89. The average Bonchev–Trinajstić information content (AvgIpc) is 2.22. The van der Waals surface area contributed by atoms with Crippen LogP contribution >= 0.6 is 0 Å². The molecule has 0 heterocycles. The molecule has 16 heavy (non-hydrogen) atoms. The first kappa shape index (κ1) is 14.3. The molecule has 0 aromatic rings. The molecule has 0 rings (SSSR count). The van der Waals surface area contributed by atoms with Gasteiger partial charge in [0.15, 0.2) is 0 Å². The zero-order valence-electron chi connectivity index (χ0n) is 9.39. The fourth-order valence-corrected chi connectivity index (χ4v) is 1.34. The fourth-order valence-electron chi connectivity index (χ4n) is 1.34. The Bertz CT molecular complexity index is 312. The van der Waals surface area contributed by atoms with Gasteiger partial charge >= 0.3 is 11.5 Å². The molecule has 0 aromatic heterocycles. The number of nitrogens with zero attached hydrogens (tertiary/aromatic N) is 1. The molecule has 0 radical (unpaired) electrons. The molecule has 0 saturated heterocycles. The largest absolute Gasteiger partial charge is 0.464 e. The predicted octanol–water partition coefficient (Wildman–Crippen LogP) is 1.12. The van der Waals surface area contributed by atoms with Crippen molar-refractivity contribution in [2.75, 3.05) is 7.11 Å². The molecule has 90 valence electrons. The highest BCUT2D eigenvalue weighted by Gasteiger charge is 2.50. The number of esters is 1. The molecular formula is C10H15NO5. The Morgan fingerprint density at radius 2 is 2.12 bits per heavy atom. The van der Waals surface area contributed by atoms with Gasteiger partial charge in [-0.25, -0.2) is 4.79 Å². The number of hydrogen-bond donors (Lipinski definition) is 0. The van der Waals surface area contributed by atoms with Crippen molar-refractivity contribution < 1.29 is 19.2 Å². The number of methoxy groups -OCH3 is 1. The summed E-state index contributed by atoms with van der Waals surface area (Å²) in [5.74, 6) is -1.15. The maximum atomic E-state index is 11.5. The van der Waals surface area contributed by atoms with Gasteiger partial charge in [0.05, 0.1) is 7.11 Å². The molecule has 6 nitrogen and oxygen atoms in total. The Labute approximate surface area is 93.4 Å². The molecule has 1 unspecified atom stereocenters. The van der Waals surface area contributed by atoms with E-state index >= 15 is 0 Å². The van der Waals surface area contributed by atoms with E-state index in [1.165, 1.54) is 13.0 Å². The highest BCUT2D eigenvalue weighted by Crippen LogP contribution is 2.24. The predicted molar refractivity (Wildman–Crippen MR) is 56.5 cm³/mol. The van der Waals surface area contributed by atoms with Gasteiger partial charge in [0.1, 0.15) is 5.78 Å². The molecule has 0 fully saturated rings. The normalized spacial score (nSPS) is 13.6. The van der Waals surface area contributed by atoms with Crippen LogP contribution in [0.1, 0.15) is 26.2 Å². The van der Waals surface area contributed by atoms with E-state index in [0.717, 1.165) is 7.11 Å². The third-order valence-electron chi connectivity index (χ3n) is 2.29. The summed E-state index contributed by atoms with van der Waals surface area (Å²) in [6, 6.07) is 0. The van der Waals surface area contributed by atoms with Crippen molar-refractivity contribution in [2.45, 2.75) is 31.7 Å². The summed E-state index contributed by atoms with van der Waals surface area (Å²) in [6.07, 6.45) is 0.914. The lowest BCUT2D eigenvalue weighted by molar-refractivity contribution is -0.555. The van der Waals surface area contributed by atoms with Gasteiger partial charge in [-0.2, -0.15) is 0 Å². The molecule has 1 atom stereocenters. The minimum Gasteiger partial charge on any atom is -0.464 e. The van der Waals surface area contributed by atoms with Crippen LogP contribution in [0.3, 0.4) is 0 Å². The Morgan fingerprint density at radius 3 is 2.44 bits per heavy atom. The Kier molecular flexibility index (Phi) is 5.35. The quantitative estimate of drug-likeness (QED) is 0.282. The summed E-state index contributed by atoms with van der Waals surface area (Å²) in [4.78, 5) is 32.5. The second-order valence-corrected chi connectivity index (χ2v) is 3.48. The van der Waals surface area contributed by atoms with Crippen LogP contribution in [0.4, 0.5) is 0 Å². The fraction of sp³-hybridized carbons (Fsp3) is 0.600. The van der Waals surface area contributed by atoms with Gasteiger partial charge in [-0.05, 0) is 6.92 Å². The van der Waals surface area contributed by atoms with Gasteiger partial charge in [-0.1, -0.05) is 6.08 Å². The van der Waals surface area contributed by atoms with Crippen molar-refractivity contribution in [3.8, 4) is 0 Å².